The van der Waals surface area contributed by atoms with E-state index >= 15 is 0 Å². The van der Waals surface area contributed by atoms with E-state index in [1.165, 1.54) is 11.1 Å². The molecule has 0 fully saturated rings. The monoisotopic (exact) mass is 484 g/mol. The Hall–Kier alpha value is -4.21. The highest BCUT2D eigenvalue weighted by Gasteiger charge is 2.45. The number of carbonyl (C=O) groups is 1. The molecule has 0 spiro atoms. The zero-order valence-electron chi connectivity index (χ0n) is 20.0. The van der Waals surface area contributed by atoms with E-state index in [9.17, 15) is 4.79 Å². The van der Waals surface area contributed by atoms with E-state index in [-0.39, 0.29) is 11.5 Å². The van der Waals surface area contributed by atoms with Gasteiger partial charge >= 0.3 is 5.97 Å². The Morgan fingerprint density at radius 2 is 0.806 bits per heavy atom. The van der Waals surface area contributed by atoms with Crippen molar-refractivity contribution < 1.29 is 9.22 Å². The third-order valence-corrected chi connectivity index (χ3v) is 8.42. The standard InChI is InChI=1S/C33H28O2Si/c34-32(35-36-31(26-16-6-1-7-17-26)27-18-8-2-9-19-27)33(28-20-10-3-11-21-28,29-22-12-4-13-23-29)30-24-14-5-15-25-30/h1-25,31H,36H2. The number of carbonyl (C=O) groups excluding carboxylic acids is 1. The fourth-order valence-corrected chi connectivity index (χ4v) is 6.40. The van der Waals surface area contributed by atoms with Crippen LogP contribution in [0.1, 0.15) is 33.4 Å². The second-order valence-corrected chi connectivity index (χ2v) is 10.3. The lowest BCUT2D eigenvalue weighted by atomic mass is 9.69. The van der Waals surface area contributed by atoms with Crippen LogP contribution < -0.4 is 0 Å². The van der Waals surface area contributed by atoms with Crippen LogP contribution in [0, 0.1) is 0 Å². The molecule has 0 unspecified atom stereocenters. The summed E-state index contributed by atoms with van der Waals surface area (Å²) in [5.41, 5.74) is 4.05. The van der Waals surface area contributed by atoms with Crippen molar-refractivity contribution in [2.24, 2.45) is 0 Å². The molecule has 0 saturated heterocycles. The zero-order valence-corrected chi connectivity index (χ0v) is 21.4. The van der Waals surface area contributed by atoms with Gasteiger partial charge in [0.25, 0.3) is 0 Å². The van der Waals surface area contributed by atoms with Crippen molar-refractivity contribution in [2.75, 3.05) is 0 Å². The molecular formula is C33H28O2Si. The molecule has 0 aliphatic rings. The Labute approximate surface area is 215 Å². The topological polar surface area (TPSA) is 26.3 Å². The first kappa shape index (κ1) is 23.5. The van der Waals surface area contributed by atoms with Gasteiger partial charge in [0.2, 0.25) is 9.76 Å². The van der Waals surface area contributed by atoms with Crippen molar-refractivity contribution in [1.29, 1.82) is 0 Å². The van der Waals surface area contributed by atoms with Crippen LogP contribution in [-0.2, 0) is 14.6 Å². The van der Waals surface area contributed by atoms with Gasteiger partial charge in [-0.2, -0.15) is 0 Å². The number of hydrogen-bond donors (Lipinski definition) is 0. The second kappa shape index (κ2) is 11.0. The number of rotatable bonds is 8. The molecule has 0 amide bonds. The molecule has 0 bridgehead atoms. The van der Waals surface area contributed by atoms with Gasteiger partial charge in [-0.3, -0.25) is 4.79 Å². The Balaban J connectivity index is 1.60. The summed E-state index contributed by atoms with van der Waals surface area (Å²) >= 11 is 0. The molecule has 2 nitrogen and oxygen atoms in total. The summed E-state index contributed by atoms with van der Waals surface area (Å²) in [4.78, 5) is 14.4. The highest BCUT2D eigenvalue weighted by atomic mass is 28.2. The van der Waals surface area contributed by atoms with E-state index in [2.05, 4.69) is 24.3 Å². The Morgan fingerprint density at radius 1 is 0.500 bits per heavy atom. The Kier molecular flexibility index (Phi) is 7.20. The molecule has 176 valence electrons. The van der Waals surface area contributed by atoms with Gasteiger partial charge < -0.3 is 4.43 Å². The summed E-state index contributed by atoms with van der Waals surface area (Å²) in [7, 11) is -1.36. The van der Waals surface area contributed by atoms with Gasteiger partial charge in [-0.25, -0.2) is 0 Å². The minimum atomic E-state index is -1.36. The van der Waals surface area contributed by atoms with Crippen LogP contribution in [-0.4, -0.2) is 15.7 Å². The average Bonchev–Trinajstić information content (AvgIpc) is 2.96. The fourth-order valence-electron chi connectivity index (χ4n) is 4.94. The van der Waals surface area contributed by atoms with Crippen LogP contribution in [0.2, 0.25) is 0 Å². The highest BCUT2D eigenvalue weighted by molar-refractivity contribution is 6.35. The molecule has 0 saturated carbocycles. The molecule has 0 aliphatic heterocycles. The maximum absolute atomic E-state index is 14.4. The third kappa shape index (κ3) is 4.66. The first-order valence-electron chi connectivity index (χ1n) is 12.2. The fraction of sp³-hybridized carbons (Fsp3) is 0.0606. The molecule has 0 atom stereocenters. The third-order valence-electron chi connectivity index (χ3n) is 6.71. The van der Waals surface area contributed by atoms with Gasteiger partial charge in [0.1, 0.15) is 5.41 Å². The van der Waals surface area contributed by atoms with Crippen LogP contribution >= 0.6 is 0 Å². The van der Waals surface area contributed by atoms with E-state index in [0.29, 0.717) is 0 Å². The van der Waals surface area contributed by atoms with Crippen LogP contribution in [0.25, 0.3) is 0 Å². The quantitative estimate of drug-likeness (QED) is 0.187. The highest BCUT2D eigenvalue weighted by Crippen LogP contribution is 2.40. The summed E-state index contributed by atoms with van der Waals surface area (Å²) < 4.78 is 6.44. The molecule has 0 N–H and O–H groups in total. The summed E-state index contributed by atoms with van der Waals surface area (Å²) in [5, 5.41) is 0. The maximum atomic E-state index is 14.4. The van der Waals surface area contributed by atoms with Crippen molar-refractivity contribution in [3.8, 4) is 0 Å². The number of benzene rings is 5. The van der Waals surface area contributed by atoms with Crippen molar-refractivity contribution >= 4 is 15.7 Å². The molecule has 0 radical (unpaired) electrons. The molecule has 0 aromatic heterocycles. The minimum absolute atomic E-state index is 0.0661. The Bertz CT molecular complexity index is 1240. The number of hydrogen-bond acceptors (Lipinski definition) is 2. The van der Waals surface area contributed by atoms with Gasteiger partial charge in [0, 0.05) is 5.54 Å². The maximum Gasteiger partial charge on any atom is 0.312 e. The first-order chi connectivity index (χ1) is 17.8. The van der Waals surface area contributed by atoms with Gasteiger partial charge in [0.15, 0.2) is 0 Å². The van der Waals surface area contributed by atoms with Crippen LogP contribution in [0.15, 0.2) is 152 Å². The lowest BCUT2D eigenvalue weighted by molar-refractivity contribution is -0.138. The normalized spacial score (nSPS) is 11.6. The summed E-state index contributed by atoms with van der Waals surface area (Å²) in [6.45, 7) is 0. The van der Waals surface area contributed by atoms with Gasteiger partial charge in [-0.15, -0.1) is 0 Å². The van der Waals surface area contributed by atoms with E-state index < -0.39 is 15.2 Å². The molecule has 5 aromatic rings. The van der Waals surface area contributed by atoms with Crippen LogP contribution in [0.4, 0.5) is 0 Å². The molecule has 0 aliphatic carbocycles. The van der Waals surface area contributed by atoms with Crippen LogP contribution in [0.5, 0.6) is 0 Å². The van der Waals surface area contributed by atoms with Crippen molar-refractivity contribution in [3.05, 3.63) is 179 Å². The largest absolute Gasteiger partial charge is 0.523 e. The average molecular weight is 485 g/mol. The van der Waals surface area contributed by atoms with E-state index in [0.717, 1.165) is 16.7 Å². The van der Waals surface area contributed by atoms with Crippen molar-refractivity contribution in [3.63, 3.8) is 0 Å². The van der Waals surface area contributed by atoms with E-state index in [1.807, 2.05) is 127 Å². The minimum Gasteiger partial charge on any atom is -0.523 e. The predicted molar refractivity (Wildman–Crippen MR) is 149 cm³/mol. The van der Waals surface area contributed by atoms with Gasteiger partial charge in [-0.05, 0) is 27.8 Å². The lowest BCUT2D eigenvalue weighted by Crippen LogP contribution is -2.41. The van der Waals surface area contributed by atoms with Crippen molar-refractivity contribution in [1.82, 2.24) is 0 Å². The van der Waals surface area contributed by atoms with Crippen molar-refractivity contribution in [2.45, 2.75) is 11.0 Å². The van der Waals surface area contributed by atoms with E-state index in [1.54, 1.807) is 0 Å². The van der Waals surface area contributed by atoms with Gasteiger partial charge in [-0.1, -0.05) is 152 Å². The first-order valence-corrected chi connectivity index (χ1v) is 13.6. The molecule has 5 aromatic carbocycles. The lowest BCUT2D eigenvalue weighted by Gasteiger charge is -2.34. The van der Waals surface area contributed by atoms with Crippen LogP contribution in [0.3, 0.4) is 0 Å². The van der Waals surface area contributed by atoms with Gasteiger partial charge in [0.05, 0.1) is 0 Å². The smallest absolute Gasteiger partial charge is 0.312 e. The van der Waals surface area contributed by atoms with E-state index in [4.69, 9.17) is 4.43 Å². The molecule has 0 heterocycles. The predicted octanol–water partition coefficient (Wildman–Crippen LogP) is 6.44. The molecule has 3 heteroatoms. The summed E-state index contributed by atoms with van der Waals surface area (Å²) in [6, 6.07) is 50.7. The zero-order chi connectivity index (χ0) is 24.6. The Morgan fingerprint density at radius 3 is 1.14 bits per heavy atom. The summed E-state index contributed by atoms with van der Waals surface area (Å²) in [5.74, 6) is -0.227. The summed E-state index contributed by atoms with van der Waals surface area (Å²) in [6.07, 6.45) is 0. The molecular weight excluding hydrogens is 456 g/mol. The second-order valence-electron chi connectivity index (χ2n) is 8.82. The SMILES string of the molecule is O=C(O[SiH2]C(c1ccccc1)c1ccccc1)C(c1ccccc1)(c1ccccc1)c1ccccc1. The molecule has 5 rings (SSSR count). The molecule has 36 heavy (non-hydrogen) atoms.